The summed E-state index contributed by atoms with van der Waals surface area (Å²) in [5.74, 6) is -2.48. The molecule has 226 valence electrons. The molecule has 0 fully saturated rings. The molecule has 0 saturated carbocycles. The van der Waals surface area contributed by atoms with Gasteiger partial charge < -0.3 is 19.7 Å². The second kappa shape index (κ2) is 12.1. The molecule has 1 aromatic heterocycles. The number of benzene rings is 3. The monoisotopic (exact) mass is 629 g/mol. The van der Waals surface area contributed by atoms with Gasteiger partial charge in [-0.15, -0.1) is 0 Å². The molecule has 1 atom stereocenters. The zero-order valence-electron chi connectivity index (χ0n) is 23.1. The van der Waals surface area contributed by atoms with Crippen molar-refractivity contribution in [3.05, 3.63) is 79.0 Å². The number of carboxylic acids is 2. The number of rotatable bonds is 12. The molecule has 4 rings (SSSR count). The van der Waals surface area contributed by atoms with E-state index in [2.05, 4.69) is 4.98 Å². The number of carbonyl (C=O) groups is 2. The third-order valence-electron chi connectivity index (χ3n) is 6.48. The van der Waals surface area contributed by atoms with E-state index in [0.717, 1.165) is 6.20 Å². The van der Waals surface area contributed by atoms with Gasteiger partial charge in [0, 0.05) is 10.8 Å². The molecule has 15 heteroatoms. The van der Waals surface area contributed by atoms with Crippen LogP contribution in [0.3, 0.4) is 0 Å². The van der Waals surface area contributed by atoms with Crippen molar-refractivity contribution >= 4 is 54.3 Å². The topological polar surface area (TPSA) is 181 Å². The average Bonchev–Trinajstić information content (AvgIpc) is 3.00. The Morgan fingerprint density at radius 2 is 1.28 bits per heavy atom. The standard InChI is InChI=1S/C28H27N3O10S2/c1-18(28(34)35)31(43(38,39)22-14-10-20(41-3)11-15-22)27-24-7-5-4-6-23(24)25(16-29-27)30(17-26(32)33)42(36,37)21-12-8-19(40-2)9-13-21/h4-16,18H,17H2,1-3H3,(H,32,33)(H,34,35). The van der Waals surface area contributed by atoms with Crippen LogP contribution in [0, 0.1) is 0 Å². The number of ether oxygens (including phenoxy) is 2. The van der Waals surface area contributed by atoms with Crippen LogP contribution in [0.25, 0.3) is 10.8 Å². The van der Waals surface area contributed by atoms with Gasteiger partial charge in [-0.3, -0.25) is 9.10 Å². The van der Waals surface area contributed by atoms with Gasteiger partial charge in [0.05, 0.1) is 35.9 Å². The fourth-order valence-electron chi connectivity index (χ4n) is 4.30. The van der Waals surface area contributed by atoms with E-state index >= 15 is 0 Å². The van der Waals surface area contributed by atoms with E-state index in [4.69, 9.17) is 9.47 Å². The highest BCUT2D eigenvalue weighted by Gasteiger charge is 2.37. The predicted octanol–water partition coefficient (Wildman–Crippen LogP) is 3.20. The number of hydrogen-bond acceptors (Lipinski definition) is 9. The number of hydrogen-bond donors (Lipinski definition) is 2. The maximum Gasteiger partial charge on any atom is 0.327 e. The molecule has 2 N–H and O–H groups in total. The van der Waals surface area contributed by atoms with Gasteiger partial charge in [0.2, 0.25) is 0 Å². The van der Waals surface area contributed by atoms with Crippen molar-refractivity contribution in [2.45, 2.75) is 22.8 Å². The first kappa shape index (κ1) is 31.1. The van der Waals surface area contributed by atoms with Crippen LogP contribution in [-0.4, -0.2) is 70.8 Å². The number of pyridine rings is 1. The number of methoxy groups -OCH3 is 2. The Morgan fingerprint density at radius 1 is 0.791 bits per heavy atom. The quantitative estimate of drug-likeness (QED) is 0.235. The highest BCUT2D eigenvalue weighted by molar-refractivity contribution is 7.93. The van der Waals surface area contributed by atoms with Crippen LogP contribution in [-0.2, 0) is 29.6 Å². The van der Waals surface area contributed by atoms with Crippen LogP contribution >= 0.6 is 0 Å². The van der Waals surface area contributed by atoms with E-state index in [1.165, 1.54) is 93.9 Å². The summed E-state index contributed by atoms with van der Waals surface area (Å²) in [5, 5.41) is 19.7. The molecule has 1 unspecified atom stereocenters. The number of aromatic nitrogens is 1. The van der Waals surface area contributed by atoms with Crippen LogP contribution in [0.15, 0.2) is 88.8 Å². The third kappa shape index (κ3) is 6.03. The smallest absolute Gasteiger partial charge is 0.327 e. The van der Waals surface area contributed by atoms with Gasteiger partial charge in [0.15, 0.2) is 5.82 Å². The van der Waals surface area contributed by atoms with E-state index in [1.807, 2.05) is 0 Å². The van der Waals surface area contributed by atoms with E-state index < -0.39 is 44.6 Å². The molecule has 13 nitrogen and oxygen atoms in total. The van der Waals surface area contributed by atoms with Gasteiger partial charge >= 0.3 is 11.9 Å². The minimum absolute atomic E-state index is 0.0607. The summed E-state index contributed by atoms with van der Waals surface area (Å²) in [7, 11) is -6.22. The molecule has 1 heterocycles. The maximum absolute atomic E-state index is 13.9. The van der Waals surface area contributed by atoms with Gasteiger partial charge in [0.1, 0.15) is 24.1 Å². The molecule has 0 radical (unpaired) electrons. The van der Waals surface area contributed by atoms with Crippen molar-refractivity contribution in [2.24, 2.45) is 0 Å². The first-order chi connectivity index (χ1) is 20.3. The SMILES string of the molecule is COc1ccc(S(=O)(=O)N(CC(=O)O)c2cnc(N(C(C)C(=O)O)S(=O)(=O)c3ccc(OC)cc3)c3ccccc23)cc1. The molecule has 0 bridgehead atoms. The summed E-state index contributed by atoms with van der Waals surface area (Å²) in [6.07, 6.45) is 1.01. The number of nitrogens with zero attached hydrogens (tertiary/aromatic N) is 3. The third-order valence-corrected chi connectivity index (χ3v) is 10.1. The van der Waals surface area contributed by atoms with E-state index in [9.17, 15) is 36.6 Å². The lowest BCUT2D eigenvalue weighted by Gasteiger charge is -2.30. The summed E-state index contributed by atoms with van der Waals surface area (Å²) >= 11 is 0. The molecule has 43 heavy (non-hydrogen) atoms. The van der Waals surface area contributed by atoms with Gasteiger partial charge in [0.25, 0.3) is 20.0 Å². The molecular formula is C28H27N3O10S2. The summed E-state index contributed by atoms with van der Waals surface area (Å²) in [6.45, 7) is 0.178. The van der Waals surface area contributed by atoms with E-state index in [-0.39, 0.29) is 32.1 Å². The van der Waals surface area contributed by atoms with Crippen LogP contribution in [0.2, 0.25) is 0 Å². The second-order valence-electron chi connectivity index (χ2n) is 9.08. The number of sulfonamides is 2. The Balaban J connectivity index is 1.96. The highest BCUT2D eigenvalue weighted by atomic mass is 32.2. The molecule has 0 aliphatic heterocycles. The van der Waals surface area contributed by atoms with Gasteiger partial charge in [-0.05, 0) is 55.5 Å². The number of fused-ring (bicyclic) bond motifs is 1. The Hall–Kier alpha value is -4.89. The fourth-order valence-corrected chi connectivity index (χ4v) is 7.31. The zero-order chi connectivity index (χ0) is 31.5. The van der Waals surface area contributed by atoms with Crippen molar-refractivity contribution in [2.75, 3.05) is 29.4 Å². The summed E-state index contributed by atoms with van der Waals surface area (Å²) < 4.78 is 66.6. The number of aliphatic carboxylic acids is 2. The number of anilines is 2. The summed E-state index contributed by atoms with van der Waals surface area (Å²) in [4.78, 5) is 27.8. The van der Waals surface area contributed by atoms with Crippen LogP contribution in [0.4, 0.5) is 11.5 Å². The lowest BCUT2D eigenvalue weighted by Crippen LogP contribution is -2.44. The van der Waals surface area contributed by atoms with E-state index in [0.29, 0.717) is 20.1 Å². The average molecular weight is 630 g/mol. The largest absolute Gasteiger partial charge is 0.497 e. The predicted molar refractivity (Wildman–Crippen MR) is 157 cm³/mol. The zero-order valence-corrected chi connectivity index (χ0v) is 24.7. The minimum atomic E-state index is -4.55. The molecular weight excluding hydrogens is 602 g/mol. The van der Waals surface area contributed by atoms with Gasteiger partial charge in [-0.25, -0.2) is 30.9 Å². The normalized spacial score (nSPS) is 12.3. The maximum atomic E-state index is 13.9. The Labute approximate surface area is 247 Å². The lowest BCUT2D eigenvalue weighted by atomic mass is 10.1. The molecule has 0 amide bonds. The van der Waals surface area contributed by atoms with Crippen molar-refractivity contribution in [1.29, 1.82) is 0 Å². The van der Waals surface area contributed by atoms with Crippen molar-refractivity contribution in [1.82, 2.24) is 4.98 Å². The first-order valence-corrected chi connectivity index (χ1v) is 15.4. The minimum Gasteiger partial charge on any atom is -0.497 e. The van der Waals surface area contributed by atoms with Crippen LogP contribution in [0.5, 0.6) is 11.5 Å². The first-order valence-electron chi connectivity index (χ1n) is 12.5. The molecule has 4 aromatic rings. The number of carboxylic acid groups (broad SMARTS) is 2. The Morgan fingerprint density at radius 3 is 1.74 bits per heavy atom. The molecule has 0 aliphatic carbocycles. The van der Waals surface area contributed by atoms with Crippen molar-refractivity contribution in [3.8, 4) is 11.5 Å². The van der Waals surface area contributed by atoms with E-state index in [1.54, 1.807) is 0 Å². The summed E-state index contributed by atoms with van der Waals surface area (Å²) in [6, 6.07) is 14.9. The summed E-state index contributed by atoms with van der Waals surface area (Å²) in [5.41, 5.74) is -0.164. The molecule has 0 aliphatic rings. The van der Waals surface area contributed by atoms with Crippen molar-refractivity contribution < 1.29 is 46.1 Å². The fraction of sp³-hybridized carbons (Fsp3) is 0.179. The second-order valence-corrected chi connectivity index (χ2v) is 12.8. The van der Waals surface area contributed by atoms with Crippen LogP contribution in [0.1, 0.15) is 6.92 Å². The lowest BCUT2D eigenvalue weighted by molar-refractivity contribution is -0.138. The Bertz CT molecular complexity index is 1880. The van der Waals surface area contributed by atoms with Gasteiger partial charge in [-0.2, -0.15) is 0 Å². The van der Waals surface area contributed by atoms with Crippen LogP contribution < -0.4 is 18.1 Å². The Kier molecular flexibility index (Phi) is 8.77. The molecule has 0 saturated heterocycles. The van der Waals surface area contributed by atoms with Crippen molar-refractivity contribution in [3.63, 3.8) is 0 Å². The molecule has 0 spiro atoms. The highest BCUT2D eigenvalue weighted by Crippen LogP contribution is 2.38. The van der Waals surface area contributed by atoms with Gasteiger partial charge in [-0.1, -0.05) is 24.3 Å². The molecule has 3 aromatic carbocycles.